The number of fused-ring (bicyclic) bond motifs is 5. The summed E-state index contributed by atoms with van der Waals surface area (Å²) < 4.78 is 0. The molecule has 0 aliphatic rings. The number of para-hydroxylation sites is 1. The number of rotatable bonds is 4. The van der Waals surface area contributed by atoms with Gasteiger partial charge in [-0.25, -0.2) is 4.98 Å². The van der Waals surface area contributed by atoms with Gasteiger partial charge in [0.15, 0.2) is 0 Å². The minimum Gasteiger partial charge on any atom is -0.256 e. The van der Waals surface area contributed by atoms with Crippen LogP contribution < -0.4 is 0 Å². The molecule has 0 bridgehead atoms. The maximum Gasteiger partial charge on any atom is 0.0722 e. The second-order valence-corrected chi connectivity index (χ2v) is 11.8. The van der Waals surface area contributed by atoms with Crippen LogP contribution >= 0.6 is 0 Å². The molecule has 46 heavy (non-hydrogen) atoms. The number of hydrogen-bond acceptors (Lipinski definition) is 2. The predicted molar refractivity (Wildman–Crippen MR) is 194 cm³/mol. The average Bonchev–Trinajstić information content (AvgIpc) is 3.14. The van der Waals surface area contributed by atoms with Crippen LogP contribution in [0.15, 0.2) is 170 Å². The average molecular weight is 585 g/mol. The number of pyridine rings is 2. The molecule has 214 valence electrons. The monoisotopic (exact) mass is 584 g/mol. The van der Waals surface area contributed by atoms with Crippen LogP contribution in [0.25, 0.3) is 88.0 Å². The van der Waals surface area contributed by atoms with E-state index >= 15 is 0 Å². The molecular formula is C44H28N2. The summed E-state index contributed by atoms with van der Waals surface area (Å²) in [6, 6.07) is 58.4. The molecule has 0 aliphatic carbocycles. The van der Waals surface area contributed by atoms with Gasteiger partial charge in [-0.2, -0.15) is 0 Å². The molecule has 0 unspecified atom stereocenters. The Labute approximate surface area is 267 Å². The fourth-order valence-corrected chi connectivity index (χ4v) is 6.87. The highest BCUT2D eigenvalue weighted by Gasteiger charge is 2.15. The number of aromatic nitrogens is 2. The molecule has 0 amide bonds. The minimum absolute atomic E-state index is 0.975. The molecule has 0 N–H and O–H groups in total. The molecular weight excluding hydrogens is 556 g/mol. The van der Waals surface area contributed by atoms with Crippen LogP contribution in [0.5, 0.6) is 0 Å². The molecule has 2 nitrogen and oxygen atoms in total. The summed E-state index contributed by atoms with van der Waals surface area (Å²) in [7, 11) is 0. The first-order chi connectivity index (χ1) is 22.8. The highest BCUT2D eigenvalue weighted by atomic mass is 14.7. The van der Waals surface area contributed by atoms with Crippen molar-refractivity contribution in [3.63, 3.8) is 0 Å². The van der Waals surface area contributed by atoms with Crippen molar-refractivity contribution in [3.8, 4) is 44.6 Å². The Hall–Kier alpha value is -6.12. The molecule has 0 spiro atoms. The Balaban J connectivity index is 1.24. The van der Waals surface area contributed by atoms with Gasteiger partial charge in [0.1, 0.15) is 0 Å². The van der Waals surface area contributed by atoms with E-state index in [1.165, 1.54) is 54.7 Å². The summed E-state index contributed by atoms with van der Waals surface area (Å²) in [5.41, 5.74) is 11.2. The van der Waals surface area contributed by atoms with Gasteiger partial charge in [0.2, 0.25) is 0 Å². The summed E-state index contributed by atoms with van der Waals surface area (Å²) in [6.45, 7) is 0. The van der Waals surface area contributed by atoms with Crippen LogP contribution in [0.4, 0.5) is 0 Å². The molecule has 0 saturated carbocycles. The first kappa shape index (κ1) is 26.3. The first-order valence-corrected chi connectivity index (χ1v) is 15.7. The lowest BCUT2D eigenvalue weighted by molar-refractivity contribution is 1.40. The molecule has 0 fully saturated rings. The zero-order valence-corrected chi connectivity index (χ0v) is 25.1. The Morgan fingerprint density at radius 1 is 0.348 bits per heavy atom. The van der Waals surface area contributed by atoms with Crippen LogP contribution in [0.2, 0.25) is 0 Å². The van der Waals surface area contributed by atoms with Gasteiger partial charge in [0, 0.05) is 28.1 Å². The van der Waals surface area contributed by atoms with Crippen molar-refractivity contribution in [2.45, 2.75) is 0 Å². The summed E-state index contributed by atoms with van der Waals surface area (Å²) in [5, 5.41) is 7.19. The van der Waals surface area contributed by atoms with Crippen LogP contribution in [0, 0.1) is 0 Å². The van der Waals surface area contributed by atoms with E-state index < -0.39 is 0 Å². The zero-order valence-electron chi connectivity index (χ0n) is 25.1. The van der Waals surface area contributed by atoms with Crippen LogP contribution in [0.1, 0.15) is 0 Å². The molecule has 7 aromatic carbocycles. The Morgan fingerprint density at radius 3 is 1.78 bits per heavy atom. The zero-order chi connectivity index (χ0) is 30.5. The van der Waals surface area contributed by atoms with Crippen molar-refractivity contribution in [1.82, 2.24) is 9.97 Å². The second-order valence-electron chi connectivity index (χ2n) is 11.8. The van der Waals surface area contributed by atoms with Gasteiger partial charge in [-0.1, -0.05) is 133 Å². The smallest absolute Gasteiger partial charge is 0.0722 e. The lowest BCUT2D eigenvalue weighted by Crippen LogP contribution is -1.92. The molecule has 0 radical (unpaired) electrons. The Kier molecular flexibility index (Phi) is 6.17. The molecule has 2 heteroatoms. The third-order valence-electron chi connectivity index (χ3n) is 9.08. The lowest BCUT2D eigenvalue weighted by atomic mass is 9.90. The van der Waals surface area contributed by atoms with Crippen LogP contribution in [0.3, 0.4) is 0 Å². The number of hydrogen-bond donors (Lipinski definition) is 0. The van der Waals surface area contributed by atoms with Gasteiger partial charge in [-0.05, 0) is 79.7 Å². The SMILES string of the molecule is c1ccc(-c2cc(-c3cccc(-c4ccc(-c5cnc6ccccc6c5)c5ccccc45)c3)c3c(ccc4ccccc43)n2)cc1. The first-order valence-electron chi connectivity index (χ1n) is 15.7. The fourth-order valence-electron chi connectivity index (χ4n) is 6.87. The van der Waals surface area contributed by atoms with Crippen molar-refractivity contribution in [3.05, 3.63) is 170 Å². The van der Waals surface area contributed by atoms with Gasteiger partial charge in [0.05, 0.1) is 16.7 Å². The van der Waals surface area contributed by atoms with E-state index in [9.17, 15) is 0 Å². The standard InChI is InChI=1S/C44H28N2/c1-2-12-30(13-3-1)43-27-40(44-37-17-6-4-11-29(37)21-24-42(44)46-43)32-16-10-15-31(25-32)35-22-23-36(39-19-8-7-18-38(35)39)34-26-33-14-5-9-20-41(33)45-28-34/h1-28H. The predicted octanol–water partition coefficient (Wildman–Crippen LogP) is 11.8. The Bertz CT molecular complexity index is 2580. The van der Waals surface area contributed by atoms with E-state index in [4.69, 9.17) is 9.97 Å². The quantitative estimate of drug-likeness (QED) is 0.192. The summed E-state index contributed by atoms with van der Waals surface area (Å²) in [4.78, 5) is 9.92. The van der Waals surface area contributed by atoms with Gasteiger partial charge < -0.3 is 0 Å². The van der Waals surface area contributed by atoms with Gasteiger partial charge in [-0.3, -0.25) is 4.98 Å². The van der Waals surface area contributed by atoms with Crippen molar-refractivity contribution in [1.29, 1.82) is 0 Å². The van der Waals surface area contributed by atoms with E-state index in [2.05, 4.69) is 158 Å². The molecule has 0 saturated heterocycles. The molecule has 9 aromatic rings. The maximum absolute atomic E-state index is 5.16. The van der Waals surface area contributed by atoms with E-state index in [0.29, 0.717) is 0 Å². The summed E-state index contributed by atoms with van der Waals surface area (Å²) in [6.07, 6.45) is 1.99. The summed E-state index contributed by atoms with van der Waals surface area (Å²) >= 11 is 0. The molecule has 0 aliphatic heterocycles. The lowest BCUT2D eigenvalue weighted by Gasteiger charge is -2.15. The topological polar surface area (TPSA) is 25.8 Å². The highest BCUT2D eigenvalue weighted by Crippen LogP contribution is 2.40. The maximum atomic E-state index is 5.16. The second kappa shape index (κ2) is 10.8. The Morgan fingerprint density at radius 2 is 0.978 bits per heavy atom. The van der Waals surface area contributed by atoms with Gasteiger partial charge in [-0.15, -0.1) is 0 Å². The minimum atomic E-state index is 0.975. The third-order valence-corrected chi connectivity index (χ3v) is 9.08. The summed E-state index contributed by atoms with van der Waals surface area (Å²) in [5.74, 6) is 0. The van der Waals surface area contributed by atoms with Crippen molar-refractivity contribution in [2.24, 2.45) is 0 Å². The third kappa shape index (κ3) is 4.43. The van der Waals surface area contributed by atoms with E-state index in [1.807, 2.05) is 12.3 Å². The fraction of sp³-hybridized carbons (Fsp3) is 0. The molecule has 0 atom stereocenters. The number of nitrogens with zero attached hydrogens (tertiary/aromatic N) is 2. The van der Waals surface area contributed by atoms with E-state index in [-0.39, 0.29) is 0 Å². The van der Waals surface area contributed by atoms with Gasteiger partial charge in [0.25, 0.3) is 0 Å². The number of benzene rings is 7. The highest BCUT2D eigenvalue weighted by molar-refractivity contribution is 6.14. The van der Waals surface area contributed by atoms with E-state index in [0.717, 1.165) is 33.2 Å². The van der Waals surface area contributed by atoms with Crippen LogP contribution in [-0.2, 0) is 0 Å². The van der Waals surface area contributed by atoms with Crippen molar-refractivity contribution >= 4 is 43.4 Å². The largest absolute Gasteiger partial charge is 0.256 e. The van der Waals surface area contributed by atoms with Crippen molar-refractivity contribution < 1.29 is 0 Å². The molecule has 2 heterocycles. The molecule has 9 rings (SSSR count). The molecule has 2 aromatic heterocycles. The van der Waals surface area contributed by atoms with E-state index in [1.54, 1.807) is 0 Å². The normalized spacial score (nSPS) is 11.5. The van der Waals surface area contributed by atoms with Crippen LogP contribution in [-0.4, -0.2) is 9.97 Å². The van der Waals surface area contributed by atoms with Crippen molar-refractivity contribution in [2.75, 3.05) is 0 Å². The van der Waals surface area contributed by atoms with Gasteiger partial charge >= 0.3 is 0 Å².